The average Bonchev–Trinajstić information content (AvgIpc) is 2.27. The van der Waals surface area contributed by atoms with Gasteiger partial charge in [-0.05, 0) is 33.6 Å². The topological polar surface area (TPSA) is 93.1 Å². The maximum Gasteiger partial charge on any atom is 0.373 e. The van der Waals surface area contributed by atoms with Gasteiger partial charge in [-0.25, -0.2) is 9.59 Å². The van der Waals surface area contributed by atoms with E-state index in [0.29, 0.717) is 12.8 Å². The smallest absolute Gasteiger partial charge is 0.373 e. The van der Waals surface area contributed by atoms with Gasteiger partial charge in [-0.3, -0.25) is 0 Å². The van der Waals surface area contributed by atoms with E-state index < -0.39 is 24.0 Å². The number of carbonyl (C=O) groups excluding carboxylic acids is 2. The molecule has 0 spiro atoms. The van der Waals surface area contributed by atoms with E-state index >= 15 is 0 Å². The summed E-state index contributed by atoms with van der Waals surface area (Å²) >= 11 is 0. The van der Waals surface area contributed by atoms with Crippen LogP contribution in [0.25, 0.3) is 0 Å². The second-order valence-electron chi connectivity index (χ2n) is 4.79. The molecule has 0 amide bonds. The Bertz CT molecular complexity index is 368. The van der Waals surface area contributed by atoms with Gasteiger partial charge in [0, 0.05) is 11.1 Å². The van der Waals surface area contributed by atoms with Crippen LogP contribution >= 0.6 is 0 Å². The monoisotopic (exact) mass is 286 g/mol. The summed E-state index contributed by atoms with van der Waals surface area (Å²) in [6.07, 6.45) is -0.0813. The third-order valence-corrected chi connectivity index (χ3v) is 2.32. The highest BCUT2D eigenvalue weighted by atomic mass is 16.8. The molecular weight excluding hydrogens is 264 g/mol. The lowest BCUT2D eigenvalue weighted by molar-refractivity contribution is -0.325. The van der Waals surface area contributed by atoms with Gasteiger partial charge >= 0.3 is 17.9 Å². The Hall–Kier alpha value is -1.66. The van der Waals surface area contributed by atoms with Gasteiger partial charge in [0.2, 0.25) is 0 Å². The van der Waals surface area contributed by atoms with Crippen molar-refractivity contribution < 1.29 is 29.3 Å². The lowest BCUT2D eigenvalue weighted by Crippen LogP contribution is -2.40. The van der Waals surface area contributed by atoms with Gasteiger partial charge in [-0.1, -0.05) is 13.2 Å². The molecule has 0 heterocycles. The molecule has 0 bridgehead atoms. The average molecular weight is 286 g/mol. The van der Waals surface area contributed by atoms with Gasteiger partial charge in [0.1, 0.15) is 0 Å². The first kappa shape index (κ1) is 18.3. The predicted molar refractivity (Wildman–Crippen MR) is 72.3 cm³/mol. The molecule has 0 aliphatic rings. The molecule has 0 aromatic carbocycles. The van der Waals surface area contributed by atoms with E-state index in [1.165, 1.54) is 13.8 Å². The number of hydrogen-bond donors (Lipinski definition) is 2. The van der Waals surface area contributed by atoms with Crippen LogP contribution in [0.2, 0.25) is 0 Å². The second-order valence-corrected chi connectivity index (χ2v) is 4.79. The van der Waals surface area contributed by atoms with E-state index in [0.717, 1.165) is 0 Å². The fourth-order valence-electron chi connectivity index (χ4n) is 1.21. The van der Waals surface area contributed by atoms with E-state index in [1.807, 2.05) is 0 Å². The molecular formula is C14H22O6. The molecule has 0 aliphatic heterocycles. The number of aliphatic hydroxyl groups is 2. The number of carbonyl (C=O) groups is 2. The lowest BCUT2D eigenvalue weighted by atomic mass is 10.1. The van der Waals surface area contributed by atoms with E-state index in [9.17, 15) is 14.7 Å². The highest BCUT2D eigenvalue weighted by Gasteiger charge is 2.36. The molecule has 6 heteroatoms. The molecule has 0 aromatic heterocycles. The first-order valence-electron chi connectivity index (χ1n) is 6.25. The summed E-state index contributed by atoms with van der Waals surface area (Å²) in [5.41, 5.74) is 0.121. The molecule has 0 rings (SSSR count). The van der Waals surface area contributed by atoms with Crippen molar-refractivity contribution in [2.75, 3.05) is 0 Å². The van der Waals surface area contributed by atoms with Gasteiger partial charge in [-0.15, -0.1) is 0 Å². The molecule has 114 valence electrons. The Morgan fingerprint density at radius 2 is 1.55 bits per heavy atom. The van der Waals surface area contributed by atoms with E-state index in [-0.39, 0.29) is 17.6 Å². The van der Waals surface area contributed by atoms with Crippen molar-refractivity contribution in [2.45, 2.75) is 52.1 Å². The van der Waals surface area contributed by atoms with Gasteiger partial charge in [0.25, 0.3) is 0 Å². The van der Waals surface area contributed by atoms with Crippen LogP contribution in [0.15, 0.2) is 24.3 Å². The van der Waals surface area contributed by atoms with Crippen molar-refractivity contribution in [1.82, 2.24) is 0 Å². The first-order chi connectivity index (χ1) is 9.07. The van der Waals surface area contributed by atoms with Crippen LogP contribution in [0.5, 0.6) is 0 Å². The third-order valence-electron chi connectivity index (χ3n) is 2.32. The van der Waals surface area contributed by atoms with E-state index in [4.69, 9.17) is 14.6 Å². The van der Waals surface area contributed by atoms with E-state index in [2.05, 4.69) is 13.2 Å². The maximum absolute atomic E-state index is 11.5. The Morgan fingerprint density at radius 1 is 1.15 bits per heavy atom. The van der Waals surface area contributed by atoms with Crippen molar-refractivity contribution in [3.63, 3.8) is 0 Å². The largest absolute Gasteiger partial charge is 0.395 e. The molecule has 2 N–H and O–H groups in total. The molecule has 20 heavy (non-hydrogen) atoms. The van der Waals surface area contributed by atoms with Crippen LogP contribution in [-0.4, -0.2) is 34.2 Å². The van der Waals surface area contributed by atoms with Crippen LogP contribution in [0, 0.1) is 0 Å². The molecule has 1 unspecified atom stereocenters. The summed E-state index contributed by atoms with van der Waals surface area (Å²) in [6.45, 7) is 11.1. The lowest BCUT2D eigenvalue weighted by Gasteiger charge is -2.27. The summed E-state index contributed by atoms with van der Waals surface area (Å²) in [5, 5.41) is 19.3. The normalized spacial score (nSPS) is 12.4. The molecule has 0 fully saturated rings. The van der Waals surface area contributed by atoms with E-state index in [1.54, 1.807) is 6.92 Å². The second kappa shape index (κ2) is 7.81. The SMILES string of the molecule is C=C(C)C(=O)OC(O)(CCCC(C)O)OC(=O)C(=C)C. The van der Waals surface area contributed by atoms with Crippen molar-refractivity contribution in [3.8, 4) is 0 Å². The van der Waals surface area contributed by atoms with Crippen LogP contribution in [0.1, 0.15) is 40.0 Å². The molecule has 6 nitrogen and oxygen atoms in total. The Balaban J connectivity index is 4.82. The zero-order valence-corrected chi connectivity index (χ0v) is 12.1. The van der Waals surface area contributed by atoms with Gasteiger partial charge in [0.15, 0.2) is 0 Å². The Kier molecular flexibility index (Phi) is 7.17. The first-order valence-corrected chi connectivity index (χ1v) is 6.25. The van der Waals surface area contributed by atoms with Crippen LogP contribution in [0.3, 0.4) is 0 Å². The number of ether oxygens (including phenoxy) is 2. The van der Waals surface area contributed by atoms with Crippen LogP contribution < -0.4 is 0 Å². The predicted octanol–water partition coefficient (Wildman–Crippen LogP) is 1.42. The Morgan fingerprint density at radius 3 is 1.85 bits per heavy atom. The Labute approximate surface area is 118 Å². The summed E-state index contributed by atoms with van der Waals surface area (Å²) in [4.78, 5) is 22.9. The zero-order valence-electron chi connectivity index (χ0n) is 12.1. The highest BCUT2D eigenvalue weighted by molar-refractivity contribution is 5.88. The highest BCUT2D eigenvalue weighted by Crippen LogP contribution is 2.21. The van der Waals surface area contributed by atoms with Crippen LogP contribution in [0.4, 0.5) is 0 Å². The van der Waals surface area contributed by atoms with Crippen molar-refractivity contribution in [1.29, 1.82) is 0 Å². The minimum atomic E-state index is -2.39. The molecule has 0 radical (unpaired) electrons. The summed E-state index contributed by atoms with van der Waals surface area (Å²) < 4.78 is 9.51. The summed E-state index contributed by atoms with van der Waals surface area (Å²) in [6, 6.07) is 0. The maximum atomic E-state index is 11.5. The van der Waals surface area contributed by atoms with Gasteiger partial charge < -0.3 is 19.7 Å². The summed E-state index contributed by atoms with van der Waals surface area (Å²) in [7, 11) is 0. The molecule has 0 aromatic rings. The van der Waals surface area contributed by atoms with Gasteiger partial charge in [0.05, 0.1) is 12.5 Å². The van der Waals surface area contributed by atoms with Gasteiger partial charge in [-0.2, -0.15) is 0 Å². The molecule has 0 aliphatic carbocycles. The van der Waals surface area contributed by atoms with Crippen molar-refractivity contribution in [3.05, 3.63) is 24.3 Å². The van der Waals surface area contributed by atoms with Crippen molar-refractivity contribution >= 4 is 11.9 Å². The fraction of sp³-hybridized carbons (Fsp3) is 0.571. The van der Waals surface area contributed by atoms with Crippen LogP contribution in [-0.2, 0) is 19.1 Å². The number of esters is 2. The van der Waals surface area contributed by atoms with Crippen molar-refractivity contribution in [2.24, 2.45) is 0 Å². The number of rotatable bonds is 8. The minimum absolute atomic E-state index is 0.0605. The third kappa shape index (κ3) is 7.06. The minimum Gasteiger partial charge on any atom is -0.395 e. The standard InChI is InChI=1S/C14H22O6/c1-9(2)12(16)19-14(18,8-6-7-11(5)15)20-13(17)10(3)4/h11,15,18H,1,3,6-8H2,2,4-5H3. The molecule has 0 saturated heterocycles. The summed E-state index contributed by atoms with van der Waals surface area (Å²) in [5.74, 6) is -4.14. The molecule has 1 atom stereocenters. The zero-order chi connectivity index (χ0) is 15.9. The quantitative estimate of drug-likeness (QED) is 0.398. The molecule has 0 saturated carbocycles. The number of hydrogen-bond acceptors (Lipinski definition) is 6. The number of aliphatic hydroxyl groups excluding tert-OH is 1. The fourth-order valence-corrected chi connectivity index (χ4v) is 1.21.